The van der Waals surface area contributed by atoms with Crippen molar-refractivity contribution < 1.29 is 4.79 Å². The summed E-state index contributed by atoms with van der Waals surface area (Å²) in [5, 5.41) is 3.40. The highest BCUT2D eigenvalue weighted by Crippen LogP contribution is 2.30. The third kappa shape index (κ3) is 2.85. The first-order valence-electron chi connectivity index (χ1n) is 5.77. The van der Waals surface area contributed by atoms with Crippen LogP contribution < -0.4 is 5.32 Å². The highest BCUT2D eigenvalue weighted by molar-refractivity contribution is 5.85. The molecule has 88 valence electrons. The molecule has 2 fully saturated rings. The van der Waals surface area contributed by atoms with Crippen molar-refractivity contribution in [1.29, 1.82) is 0 Å². The van der Waals surface area contributed by atoms with Gasteiger partial charge in [-0.3, -0.25) is 4.79 Å². The number of amides is 1. The Kier molecular flexibility index (Phi) is 4.87. The Labute approximate surface area is 98.0 Å². The molecule has 1 saturated heterocycles. The lowest BCUT2D eigenvalue weighted by atomic mass is 9.95. The third-order valence-corrected chi connectivity index (χ3v) is 3.63. The quantitative estimate of drug-likeness (QED) is 0.742. The minimum absolute atomic E-state index is 0. The van der Waals surface area contributed by atoms with E-state index >= 15 is 0 Å². The Bertz CT molecular complexity index is 217. The fourth-order valence-corrected chi connectivity index (χ4v) is 2.88. The number of carbonyl (C=O) groups is 1. The molecule has 0 spiro atoms. The molecule has 1 atom stereocenters. The molecule has 0 aromatic heterocycles. The number of carbonyl (C=O) groups excluding carboxylic acids is 1. The van der Waals surface area contributed by atoms with E-state index in [0.717, 1.165) is 25.6 Å². The van der Waals surface area contributed by atoms with E-state index in [1.54, 1.807) is 6.92 Å². The first-order chi connectivity index (χ1) is 6.79. The van der Waals surface area contributed by atoms with E-state index < -0.39 is 0 Å². The maximum Gasteiger partial charge on any atom is 0.219 e. The number of hydrogen-bond acceptors (Lipinski definition) is 2. The summed E-state index contributed by atoms with van der Waals surface area (Å²) in [5.41, 5.74) is 0. The molecule has 1 heterocycles. The van der Waals surface area contributed by atoms with Gasteiger partial charge in [0.1, 0.15) is 0 Å². The molecule has 1 saturated carbocycles. The van der Waals surface area contributed by atoms with Gasteiger partial charge in [0.2, 0.25) is 5.91 Å². The van der Waals surface area contributed by atoms with Crippen LogP contribution >= 0.6 is 12.4 Å². The molecule has 4 heteroatoms. The standard InChI is InChI=1S/C11H20N2O.ClH/c1-9(14)13-7-6-12-8-11(13)10-4-2-3-5-10;/h10-12H,2-8H2,1H3;1H. The normalized spacial score (nSPS) is 27.5. The Morgan fingerprint density at radius 3 is 2.60 bits per heavy atom. The van der Waals surface area contributed by atoms with Crippen molar-refractivity contribution in [2.24, 2.45) is 5.92 Å². The number of nitrogens with zero attached hydrogens (tertiary/aromatic N) is 1. The number of hydrogen-bond donors (Lipinski definition) is 1. The Morgan fingerprint density at radius 2 is 2.00 bits per heavy atom. The molecule has 1 amide bonds. The molecule has 1 aliphatic heterocycles. The molecule has 1 aliphatic carbocycles. The maximum absolute atomic E-state index is 11.5. The van der Waals surface area contributed by atoms with Gasteiger partial charge in [0, 0.05) is 32.6 Å². The summed E-state index contributed by atoms with van der Waals surface area (Å²) in [4.78, 5) is 13.5. The molecule has 0 aromatic carbocycles. The predicted octanol–water partition coefficient (Wildman–Crippen LogP) is 1.42. The second-order valence-corrected chi connectivity index (χ2v) is 4.53. The Morgan fingerprint density at radius 1 is 1.33 bits per heavy atom. The fourth-order valence-electron chi connectivity index (χ4n) is 2.88. The molecule has 15 heavy (non-hydrogen) atoms. The smallest absolute Gasteiger partial charge is 0.219 e. The largest absolute Gasteiger partial charge is 0.337 e. The zero-order valence-electron chi connectivity index (χ0n) is 9.37. The lowest BCUT2D eigenvalue weighted by Gasteiger charge is -2.39. The fraction of sp³-hybridized carbons (Fsp3) is 0.909. The van der Waals surface area contributed by atoms with Crippen molar-refractivity contribution in [3.05, 3.63) is 0 Å². The van der Waals surface area contributed by atoms with Crippen molar-refractivity contribution in [2.45, 2.75) is 38.6 Å². The van der Waals surface area contributed by atoms with Gasteiger partial charge >= 0.3 is 0 Å². The van der Waals surface area contributed by atoms with E-state index in [-0.39, 0.29) is 18.3 Å². The predicted molar refractivity (Wildman–Crippen MR) is 63.3 cm³/mol. The summed E-state index contributed by atoms with van der Waals surface area (Å²) in [7, 11) is 0. The summed E-state index contributed by atoms with van der Waals surface area (Å²) in [6.07, 6.45) is 5.34. The van der Waals surface area contributed by atoms with Crippen LogP contribution in [0.15, 0.2) is 0 Å². The van der Waals surface area contributed by atoms with Crippen LogP contribution in [-0.2, 0) is 4.79 Å². The Hall–Kier alpha value is -0.280. The van der Waals surface area contributed by atoms with Crippen LogP contribution in [0.5, 0.6) is 0 Å². The van der Waals surface area contributed by atoms with Gasteiger partial charge in [-0.05, 0) is 18.8 Å². The van der Waals surface area contributed by atoms with Gasteiger partial charge in [-0.2, -0.15) is 0 Å². The molecule has 1 unspecified atom stereocenters. The van der Waals surface area contributed by atoms with Crippen molar-refractivity contribution in [3.63, 3.8) is 0 Å². The van der Waals surface area contributed by atoms with Crippen LogP contribution in [0.3, 0.4) is 0 Å². The number of halogens is 1. The second kappa shape index (κ2) is 5.71. The number of piperazine rings is 1. The molecule has 2 rings (SSSR count). The molecular formula is C11H21ClN2O. The van der Waals surface area contributed by atoms with Gasteiger partial charge < -0.3 is 10.2 Å². The van der Waals surface area contributed by atoms with E-state index in [4.69, 9.17) is 0 Å². The molecule has 0 radical (unpaired) electrons. The molecule has 1 N–H and O–H groups in total. The monoisotopic (exact) mass is 232 g/mol. The van der Waals surface area contributed by atoms with Gasteiger partial charge in [0.15, 0.2) is 0 Å². The van der Waals surface area contributed by atoms with Gasteiger partial charge in [-0.25, -0.2) is 0 Å². The highest BCUT2D eigenvalue weighted by atomic mass is 35.5. The first-order valence-corrected chi connectivity index (χ1v) is 5.77. The lowest BCUT2D eigenvalue weighted by molar-refractivity contribution is -0.133. The highest BCUT2D eigenvalue weighted by Gasteiger charge is 2.32. The number of nitrogens with one attached hydrogen (secondary N) is 1. The zero-order valence-corrected chi connectivity index (χ0v) is 10.2. The maximum atomic E-state index is 11.5. The van der Waals surface area contributed by atoms with Crippen LogP contribution in [0.1, 0.15) is 32.6 Å². The van der Waals surface area contributed by atoms with Crippen LogP contribution in [0.25, 0.3) is 0 Å². The minimum Gasteiger partial charge on any atom is -0.337 e. The molecular weight excluding hydrogens is 212 g/mol. The molecule has 0 aromatic rings. The molecule has 0 bridgehead atoms. The summed E-state index contributed by atoms with van der Waals surface area (Å²) in [6, 6.07) is 0.476. The summed E-state index contributed by atoms with van der Waals surface area (Å²) in [6.45, 7) is 4.57. The van der Waals surface area contributed by atoms with Gasteiger partial charge in [0.05, 0.1) is 0 Å². The minimum atomic E-state index is 0. The van der Waals surface area contributed by atoms with E-state index in [2.05, 4.69) is 10.2 Å². The van der Waals surface area contributed by atoms with Gasteiger partial charge in [-0.1, -0.05) is 12.8 Å². The average molecular weight is 233 g/mol. The Balaban J connectivity index is 0.00000112. The lowest BCUT2D eigenvalue weighted by Crippen LogP contribution is -2.55. The van der Waals surface area contributed by atoms with Crippen molar-refractivity contribution in [3.8, 4) is 0 Å². The van der Waals surface area contributed by atoms with Crippen LogP contribution in [-0.4, -0.2) is 36.5 Å². The van der Waals surface area contributed by atoms with Crippen LogP contribution in [0, 0.1) is 5.92 Å². The van der Waals surface area contributed by atoms with E-state index in [0.29, 0.717) is 6.04 Å². The summed E-state index contributed by atoms with van der Waals surface area (Å²) < 4.78 is 0. The summed E-state index contributed by atoms with van der Waals surface area (Å²) in [5.74, 6) is 1.01. The van der Waals surface area contributed by atoms with Crippen LogP contribution in [0.2, 0.25) is 0 Å². The topological polar surface area (TPSA) is 32.3 Å². The van der Waals surface area contributed by atoms with Crippen molar-refractivity contribution in [1.82, 2.24) is 10.2 Å². The van der Waals surface area contributed by atoms with Crippen molar-refractivity contribution >= 4 is 18.3 Å². The number of rotatable bonds is 1. The van der Waals surface area contributed by atoms with Gasteiger partial charge in [-0.15, -0.1) is 12.4 Å². The van der Waals surface area contributed by atoms with E-state index in [1.807, 2.05) is 0 Å². The average Bonchev–Trinajstić information content (AvgIpc) is 2.70. The summed E-state index contributed by atoms with van der Waals surface area (Å²) >= 11 is 0. The van der Waals surface area contributed by atoms with Crippen molar-refractivity contribution in [2.75, 3.05) is 19.6 Å². The molecule has 3 nitrogen and oxygen atoms in total. The third-order valence-electron chi connectivity index (χ3n) is 3.63. The zero-order chi connectivity index (χ0) is 9.97. The van der Waals surface area contributed by atoms with Gasteiger partial charge in [0.25, 0.3) is 0 Å². The van der Waals surface area contributed by atoms with Crippen LogP contribution in [0.4, 0.5) is 0 Å². The second-order valence-electron chi connectivity index (χ2n) is 4.53. The first kappa shape index (κ1) is 12.8. The van der Waals surface area contributed by atoms with E-state index in [1.165, 1.54) is 25.7 Å². The SMILES string of the molecule is CC(=O)N1CCNCC1C1CCCC1.Cl. The van der Waals surface area contributed by atoms with E-state index in [9.17, 15) is 4.79 Å². The molecule has 2 aliphatic rings.